The van der Waals surface area contributed by atoms with Crippen molar-refractivity contribution < 1.29 is 18.3 Å². The van der Waals surface area contributed by atoms with E-state index < -0.39 is 10.0 Å². The lowest BCUT2D eigenvalue weighted by Gasteiger charge is -2.26. The van der Waals surface area contributed by atoms with Gasteiger partial charge in [-0.2, -0.15) is 0 Å². The number of rotatable bonds is 6. The predicted molar refractivity (Wildman–Crippen MR) is 87.6 cm³/mol. The quantitative estimate of drug-likeness (QED) is 0.679. The van der Waals surface area contributed by atoms with Crippen molar-refractivity contribution in [1.82, 2.24) is 10.0 Å². The van der Waals surface area contributed by atoms with Crippen molar-refractivity contribution in [3.8, 4) is 0 Å². The van der Waals surface area contributed by atoms with Gasteiger partial charge in [-0.05, 0) is 43.9 Å². The molecule has 1 aromatic rings. The molecule has 0 atom stereocenters. The number of carbonyl (C=O) groups is 1. The summed E-state index contributed by atoms with van der Waals surface area (Å²) in [5.41, 5.74) is 0.303. The van der Waals surface area contributed by atoms with Crippen LogP contribution in [-0.2, 0) is 10.0 Å². The van der Waals surface area contributed by atoms with Crippen LogP contribution in [0.2, 0.25) is 0 Å². The number of sulfonamides is 1. The van der Waals surface area contributed by atoms with Crippen molar-refractivity contribution in [2.45, 2.75) is 42.7 Å². The van der Waals surface area contributed by atoms with Gasteiger partial charge in [-0.1, -0.05) is 12.1 Å². The van der Waals surface area contributed by atoms with Crippen LogP contribution in [0, 0.1) is 0 Å². The van der Waals surface area contributed by atoms with Crippen molar-refractivity contribution >= 4 is 15.9 Å². The number of amides is 1. The molecule has 1 aromatic carbocycles. The molecule has 23 heavy (non-hydrogen) atoms. The molecule has 0 aromatic heterocycles. The summed E-state index contributed by atoms with van der Waals surface area (Å²) in [4.78, 5) is 12.3. The van der Waals surface area contributed by atoms with Gasteiger partial charge in [-0.25, -0.2) is 13.1 Å². The molecule has 1 aliphatic carbocycles. The molecular formula is C16H22N2O4S. The van der Waals surface area contributed by atoms with Crippen LogP contribution >= 0.6 is 0 Å². The molecular weight excluding hydrogens is 316 g/mol. The fourth-order valence-electron chi connectivity index (χ4n) is 2.55. The highest BCUT2D eigenvalue weighted by molar-refractivity contribution is 7.89. The van der Waals surface area contributed by atoms with Gasteiger partial charge in [0.1, 0.15) is 0 Å². The lowest BCUT2D eigenvalue weighted by Crippen LogP contribution is -2.38. The second-order valence-corrected chi connectivity index (χ2v) is 7.41. The minimum atomic E-state index is -3.65. The largest absolute Gasteiger partial charge is 0.393 e. The van der Waals surface area contributed by atoms with E-state index in [1.807, 2.05) is 0 Å². The van der Waals surface area contributed by atoms with Gasteiger partial charge >= 0.3 is 0 Å². The van der Waals surface area contributed by atoms with Gasteiger partial charge in [0, 0.05) is 18.2 Å². The fourth-order valence-corrected chi connectivity index (χ4v) is 3.59. The minimum absolute atomic E-state index is 0.0186. The van der Waals surface area contributed by atoms with Gasteiger partial charge < -0.3 is 10.4 Å². The van der Waals surface area contributed by atoms with Crippen LogP contribution in [0.15, 0.2) is 41.8 Å². The molecule has 0 aliphatic heterocycles. The Balaban J connectivity index is 2.07. The van der Waals surface area contributed by atoms with Crippen LogP contribution in [0.25, 0.3) is 0 Å². The van der Waals surface area contributed by atoms with E-state index in [-0.39, 0.29) is 29.5 Å². The zero-order valence-electron chi connectivity index (χ0n) is 12.9. The SMILES string of the molecule is C=CCNS(=O)(=O)c1cccc(C(=O)NC2CCC(O)CC2)c1. The minimum Gasteiger partial charge on any atom is -0.393 e. The summed E-state index contributed by atoms with van der Waals surface area (Å²) in [6, 6.07) is 5.95. The first-order valence-electron chi connectivity index (χ1n) is 7.62. The van der Waals surface area contributed by atoms with E-state index in [9.17, 15) is 18.3 Å². The molecule has 126 valence electrons. The Morgan fingerprint density at radius 1 is 1.30 bits per heavy atom. The summed E-state index contributed by atoms with van der Waals surface area (Å²) < 4.78 is 26.5. The molecule has 0 spiro atoms. The molecule has 3 N–H and O–H groups in total. The Morgan fingerprint density at radius 3 is 2.65 bits per heavy atom. The molecule has 1 aliphatic rings. The standard InChI is InChI=1S/C16H22N2O4S/c1-2-10-17-23(21,22)15-5-3-4-12(11-15)16(20)18-13-6-8-14(19)9-7-13/h2-5,11,13-14,17,19H,1,6-10H2,(H,18,20). The number of aliphatic hydroxyl groups excluding tert-OH is 1. The third-order valence-electron chi connectivity index (χ3n) is 3.86. The number of nitrogens with one attached hydrogen (secondary N) is 2. The maximum atomic E-state index is 12.3. The topological polar surface area (TPSA) is 95.5 Å². The van der Waals surface area contributed by atoms with Crippen molar-refractivity contribution in [3.63, 3.8) is 0 Å². The van der Waals surface area contributed by atoms with Crippen molar-refractivity contribution in [2.24, 2.45) is 0 Å². The lowest BCUT2D eigenvalue weighted by molar-refractivity contribution is 0.0867. The van der Waals surface area contributed by atoms with Gasteiger partial charge in [0.15, 0.2) is 0 Å². The highest BCUT2D eigenvalue weighted by atomic mass is 32.2. The van der Waals surface area contributed by atoms with Gasteiger partial charge in [0.05, 0.1) is 11.0 Å². The van der Waals surface area contributed by atoms with Crippen LogP contribution in [0.3, 0.4) is 0 Å². The molecule has 0 saturated heterocycles. The Morgan fingerprint density at radius 2 is 2.00 bits per heavy atom. The zero-order chi connectivity index (χ0) is 16.9. The molecule has 0 bridgehead atoms. The van der Waals surface area contributed by atoms with Gasteiger partial charge in [-0.15, -0.1) is 6.58 Å². The normalized spacial score (nSPS) is 21.6. The molecule has 7 heteroatoms. The van der Waals surface area contributed by atoms with E-state index in [1.165, 1.54) is 18.2 Å². The summed E-state index contributed by atoms with van der Waals surface area (Å²) in [6.45, 7) is 3.59. The van der Waals surface area contributed by atoms with E-state index in [0.717, 1.165) is 12.8 Å². The van der Waals surface area contributed by atoms with E-state index in [0.29, 0.717) is 18.4 Å². The summed E-state index contributed by atoms with van der Waals surface area (Å²) in [6.07, 6.45) is 3.96. The lowest BCUT2D eigenvalue weighted by atomic mass is 9.93. The number of carbonyl (C=O) groups excluding carboxylic acids is 1. The Bertz CT molecular complexity index is 664. The Labute approximate surface area is 136 Å². The monoisotopic (exact) mass is 338 g/mol. The molecule has 0 heterocycles. The van der Waals surface area contributed by atoms with E-state index in [4.69, 9.17) is 0 Å². The first-order valence-corrected chi connectivity index (χ1v) is 9.10. The molecule has 6 nitrogen and oxygen atoms in total. The third-order valence-corrected chi connectivity index (χ3v) is 5.28. The second kappa shape index (κ2) is 7.72. The van der Waals surface area contributed by atoms with Crippen molar-refractivity contribution in [1.29, 1.82) is 0 Å². The summed E-state index contributed by atoms with van der Waals surface area (Å²) in [5, 5.41) is 12.4. The average molecular weight is 338 g/mol. The van der Waals surface area contributed by atoms with Gasteiger partial charge in [0.25, 0.3) is 5.91 Å². The van der Waals surface area contributed by atoms with Crippen LogP contribution in [0.5, 0.6) is 0 Å². The molecule has 1 fully saturated rings. The van der Waals surface area contributed by atoms with Crippen LogP contribution < -0.4 is 10.0 Å². The first-order chi connectivity index (χ1) is 10.9. The van der Waals surface area contributed by atoms with Crippen LogP contribution in [-0.4, -0.2) is 38.1 Å². The molecule has 1 amide bonds. The smallest absolute Gasteiger partial charge is 0.251 e. The fraction of sp³-hybridized carbons (Fsp3) is 0.438. The first kappa shape index (κ1) is 17.7. The number of hydrogen-bond acceptors (Lipinski definition) is 4. The molecule has 0 radical (unpaired) electrons. The highest BCUT2D eigenvalue weighted by Crippen LogP contribution is 2.19. The van der Waals surface area contributed by atoms with Crippen molar-refractivity contribution in [2.75, 3.05) is 6.54 Å². The second-order valence-electron chi connectivity index (χ2n) is 5.65. The molecule has 0 unspecified atom stereocenters. The molecule has 1 saturated carbocycles. The van der Waals surface area contributed by atoms with Crippen LogP contribution in [0.1, 0.15) is 36.0 Å². The maximum Gasteiger partial charge on any atom is 0.251 e. The summed E-state index contributed by atoms with van der Waals surface area (Å²) in [7, 11) is -3.65. The van der Waals surface area contributed by atoms with Gasteiger partial charge in [-0.3, -0.25) is 4.79 Å². The Hall–Kier alpha value is -1.70. The maximum absolute atomic E-state index is 12.3. The van der Waals surface area contributed by atoms with Crippen LogP contribution in [0.4, 0.5) is 0 Å². The predicted octanol–water partition coefficient (Wildman–Crippen LogP) is 1.18. The van der Waals surface area contributed by atoms with E-state index in [1.54, 1.807) is 12.1 Å². The van der Waals surface area contributed by atoms with E-state index in [2.05, 4.69) is 16.6 Å². The van der Waals surface area contributed by atoms with Crippen molar-refractivity contribution in [3.05, 3.63) is 42.5 Å². The summed E-state index contributed by atoms with van der Waals surface area (Å²) in [5.74, 6) is -0.299. The molecule has 2 rings (SSSR count). The number of benzene rings is 1. The Kier molecular flexibility index (Phi) is 5.92. The van der Waals surface area contributed by atoms with E-state index >= 15 is 0 Å². The highest BCUT2D eigenvalue weighted by Gasteiger charge is 2.22. The summed E-state index contributed by atoms with van der Waals surface area (Å²) >= 11 is 0. The number of aliphatic hydroxyl groups is 1. The zero-order valence-corrected chi connectivity index (χ0v) is 13.7. The average Bonchev–Trinajstić information content (AvgIpc) is 2.55. The van der Waals surface area contributed by atoms with Gasteiger partial charge in [0.2, 0.25) is 10.0 Å². The number of hydrogen-bond donors (Lipinski definition) is 3. The third kappa shape index (κ3) is 4.89.